The number of hydrogen-bond donors (Lipinski definition) is 3. The Morgan fingerprint density at radius 3 is 2.76 bits per heavy atom. The number of anilines is 2. The number of nitrogens with two attached hydrogens (primary N) is 1. The smallest absolute Gasteiger partial charge is 0.265 e. The molecule has 0 saturated heterocycles. The Labute approximate surface area is 105 Å². The second-order valence-corrected chi connectivity index (χ2v) is 4.90. The normalized spacial score (nSPS) is 10.6. The summed E-state index contributed by atoms with van der Waals surface area (Å²) in [5, 5.41) is 6.35. The minimum Gasteiger partial charge on any atom is -0.382 e. The van der Waals surface area contributed by atoms with Crippen LogP contribution in [-0.2, 0) is 0 Å². The average molecular weight is 257 g/mol. The van der Waals surface area contributed by atoms with Crippen molar-refractivity contribution in [2.45, 2.75) is 6.42 Å². The number of carbonyl (C=O) groups excluding carboxylic acids is 1. The van der Waals surface area contributed by atoms with E-state index in [9.17, 15) is 4.79 Å². The van der Waals surface area contributed by atoms with Crippen LogP contribution < -0.4 is 16.4 Å². The molecule has 1 aromatic heterocycles. The average Bonchev–Trinajstić information content (AvgIpc) is 2.65. The molecule has 0 spiro atoms. The van der Waals surface area contributed by atoms with Crippen molar-refractivity contribution in [2.75, 3.05) is 45.3 Å². The molecule has 0 saturated carbocycles. The number of aromatic nitrogens is 1. The van der Waals surface area contributed by atoms with Gasteiger partial charge in [-0.15, -0.1) is 0 Å². The van der Waals surface area contributed by atoms with Gasteiger partial charge in [0.1, 0.15) is 10.7 Å². The Bertz CT molecular complexity index is 377. The van der Waals surface area contributed by atoms with Crippen LogP contribution in [0.5, 0.6) is 0 Å². The van der Waals surface area contributed by atoms with Crippen molar-refractivity contribution in [1.82, 2.24) is 15.2 Å². The third-order valence-electron chi connectivity index (χ3n) is 2.14. The summed E-state index contributed by atoms with van der Waals surface area (Å²) in [6.45, 7) is 1.59. The van der Waals surface area contributed by atoms with Crippen LogP contribution in [0, 0.1) is 0 Å². The molecule has 0 aromatic carbocycles. The predicted octanol–water partition coefficient (Wildman–Crippen LogP) is 0.448. The van der Waals surface area contributed by atoms with E-state index in [4.69, 9.17) is 5.73 Å². The zero-order valence-corrected chi connectivity index (χ0v) is 11.2. The number of hydrogen-bond acceptors (Lipinski definition) is 6. The number of nitrogen functional groups attached to an aromatic ring is 1. The van der Waals surface area contributed by atoms with Crippen molar-refractivity contribution in [3.8, 4) is 0 Å². The van der Waals surface area contributed by atoms with Crippen LogP contribution in [0.15, 0.2) is 0 Å². The van der Waals surface area contributed by atoms with E-state index >= 15 is 0 Å². The third-order valence-corrected chi connectivity index (χ3v) is 3.23. The van der Waals surface area contributed by atoms with Gasteiger partial charge in [-0.2, -0.15) is 0 Å². The molecule has 0 aliphatic carbocycles. The molecular weight excluding hydrogens is 238 g/mol. The Hall–Kier alpha value is -1.34. The molecule has 6 nitrogen and oxygen atoms in total. The van der Waals surface area contributed by atoms with Gasteiger partial charge in [0.05, 0.1) is 0 Å². The monoisotopic (exact) mass is 257 g/mol. The molecule has 0 bridgehead atoms. The fraction of sp³-hybridized carbons (Fsp3) is 0.600. The summed E-state index contributed by atoms with van der Waals surface area (Å²) in [6.07, 6.45) is 0.913. The van der Waals surface area contributed by atoms with E-state index in [0.717, 1.165) is 13.0 Å². The fourth-order valence-corrected chi connectivity index (χ4v) is 2.03. The number of carbonyl (C=O) groups is 1. The largest absolute Gasteiger partial charge is 0.382 e. The van der Waals surface area contributed by atoms with Crippen LogP contribution >= 0.6 is 11.3 Å². The van der Waals surface area contributed by atoms with Gasteiger partial charge < -0.3 is 21.3 Å². The topological polar surface area (TPSA) is 83.3 Å². The fourth-order valence-electron chi connectivity index (χ4n) is 1.28. The summed E-state index contributed by atoms with van der Waals surface area (Å²) in [5.41, 5.74) is 5.66. The second-order valence-electron chi connectivity index (χ2n) is 3.90. The zero-order chi connectivity index (χ0) is 12.8. The molecule has 4 N–H and O–H groups in total. The van der Waals surface area contributed by atoms with Gasteiger partial charge in [-0.3, -0.25) is 4.79 Å². The number of thiazole rings is 1. The summed E-state index contributed by atoms with van der Waals surface area (Å²) >= 11 is 1.26. The number of nitrogens with one attached hydrogen (secondary N) is 2. The molecule has 1 amide bonds. The molecule has 0 aliphatic rings. The van der Waals surface area contributed by atoms with Crippen LogP contribution in [0.2, 0.25) is 0 Å². The highest BCUT2D eigenvalue weighted by Crippen LogP contribution is 2.23. The standard InChI is InChI=1S/C10H19N5OS/c1-12-10-14-8(11)7(17-10)9(16)13-5-4-6-15(2)3/h4-6,11H2,1-3H3,(H,12,14)(H,13,16). The zero-order valence-electron chi connectivity index (χ0n) is 10.4. The van der Waals surface area contributed by atoms with Gasteiger partial charge in [0.25, 0.3) is 5.91 Å². The number of amides is 1. The molecule has 0 aliphatic heterocycles. The van der Waals surface area contributed by atoms with Crippen molar-refractivity contribution in [1.29, 1.82) is 0 Å². The number of rotatable bonds is 6. The Morgan fingerprint density at radius 1 is 1.53 bits per heavy atom. The first-order valence-electron chi connectivity index (χ1n) is 5.41. The lowest BCUT2D eigenvalue weighted by Crippen LogP contribution is -2.27. The summed E-state index contributed by atoms with van der Waals surface area (Å²) < 4.78 is 0. The Balaban J connectivity index is 2.44. The SMILES string of the molecule is CNc1nc(N)c(C(=O)NCCCN(C)C)s1. The Morgan fingerprint density at radius 2 is 2.24 bits per heavy atom. The van der Waals surface area contributed by atoms with Crippen molar-refractivity contribution in [2.24, 2.45) is 0 Å². The van der Waals surface area contributed by atoms with Crippen LogP contribution in [0.25, 0.3) is 0 Å². The van der Waals surface area contributed by atoms with Crippen LogP contribution in [0.1, 0.15) is 16.1 Å². The molecular formula is C10H19N5OS. The van der Waals surface area contributed by atoms with Crippen LogP contribution in [0.3, 0.4) is 0 Å². The van der Waals surface area contributed by atoms with Crippen molar-refractivity contribution < 1.29 is 4.79 Å². The van der Waals surface area contributed by atoms with E-state index < -0.39 is 0 Å². The lowest BCUT2D eigenvalue weighted by Gasteiger charge is -2.09. The molecule has 7 heteroatoms. The second kappa shape index (κ2) is 6.41. The predicted molar refractivity (Wildman–Crippen MR) is 71.6 cm³/mol. The van der Waals surface area contributed by atoms with Crippen molar-refractivity contribution in [3.05, 3.63) is 4.88 Å². The first-order valence-corrected chi connectivity index (χ1v) is 6.23. The summed E-state index contributed by atoms with van der Waals surface area (Å²) in [5.74, 6) is 0.129. The van der Waals surface area contributed by atoms with E-state index in [2.05, 4.69) is 20.5 Å². The van der Waals surface area contributed by atoms with E-state index in [-0.39, 0.29) is 11.7 Å². The summed E-state index contributed by atoms with van der Waals surface area (Å²) in [4.78, 5) is 18.3. The molecule has 1 heterocycles. The summed E-state index contributed by atoms with van der Waals surface area (Å²) in [7, 11) is 5.75. The third kappa shape index (κ3) is 4.20. The molecule has 96 valence electrons. The molecule has 1 aromatic rings. The first kappa shape index (κ1) is 13.7. The van der Waals surface area contributed by atoms with Gasteiger partial charge in [-0.1, -0.05) is 11.3 Å². The molecule has 0 unspecified atom stereocenters. The lowest BCUT2D eigenvalue weighted by atomic mass is 10.4. The molecule has 0 radical (unpaired) electrons. The number of nitrogens with zero attached hydrogens (tertiary/aromatic N) is 2. The van der Waals surface area contributed by atoms with E-state index in [1.54, 1.807) is 7.05 Å². The quantitative estimate of drug-likeness (QED) is 0.644. The highest BCUT2D eigenvalue weighted by molar-refractivity contribution is 7.18. The maximum atomic E-state index is 11.8. The minimum absolute atomic E-state index is 0.153. The van der Waals surface area contributed by atoms with Gasteiger partial charge in [0.15, 0.2) is 5.13 Å². The molecule has 1 rings (SSSR count). The van der Waals surface area contributed by atoms with E-state index in [1.165, 1.54) is 11.3 Å². The highest BCUT2D eigenvalue weighted by atomic mass is 32.1. The van der Waals surface area contributed by atoms with E-state index in [1.807, 2.05) is 14.1 Å². The Kier molecular flexibility index (Phi) is 5.17. The molecule has 0 fully saturated rings. The highest BCUT2D eigenvalue weighted by Gasteiger charge is 2.14. The van der Waals surface area contributed by atoms with Crippen molar-refractivity contribution in [3.63, 3.8) is 0 Å². The van der Waals surface area contributed by atoms with E-state index in [0.29, 0.717) is 16.6 Å². The van der Waals surface area contributed by atoms with Gasteiger partial charge in [0.2, 0.25) is 0 Å². The van der Waals surface area contributed by atoms with Gasteiger partial charge in [-0.25, -0.2) is 4.98 Å². The maximum Gasteiger partial charge on any atom is 0.265 e. The van der Waals surface area contributed by atoms with Crippen LogP contribution in [0.4, 0.5) is 10.9 Å². The maximum absolute atomic E-state index is 11.8. The molecule has 0 atom stereocenters. The summed E-state index contributed by atoms with van der Waals surface area (Å²) in [6, 6.07) is 0. The van der Waals surface area contributed by atoms with Gasteiger partial charge in [0, 0.05) is 13.6 Å². The lowest BCUT2D eigenvalue weighted by molar-refractivity contribution is 0.0957. The minimum atomic E-state index is -0.153. The van der Waals surface area contributed by atoms with Gasteiger partial charge >= 0.3 is 0 Å². The van der Waals surface area contributed by atoms with Gasteiger partial charge in [-0.05, 0) is 27.1 Å². The molecule has 17 heavy (non-hydrogen) atoms. The van der Waals surface area contributed by atoms with Crippen LogP contribution in [-0.4, -0.2) is 50.0 Å². The first-order chi connectivity index (χ1) is 8.04. The van der Waals surface area contributed by atoms with Crippen molar-refractivity contribution >= 4 is 28.2 Å².